The van der Waals surface area contributed by atoms with Gasteiger partial charge in [-0.25, -0.2) is 4.98 Å². The van der Waals surface area contributed by atoms with Gasteiger partial charge in [0.2, 0.25) is 0 Å². The van der Waals surface area contributed by atoms with Crippen molar-refractivity contribution in [1.82, 2.24) is 20.1 Å². The van der Waals surface area contributed by atoms with E-state index in [0.29, 0.717) is 0 Å². The first kappa shape index (κ1) is 13.1. The highest BCUT2D eigenvalue weighted by Crippen LogP contribution is 2.21. The number of aryl methyl sites for hydroxylation is 1. The summed E-state index contributed by atoms with van der Waals surface area (Å²) in [4.78, 5) is 5.55. The van der Waals surface area contributed by atoms with Crippen molar-refractivity contribution in [2.45, 2.75) is 17.4 Å². The van der Waals surface area contributed by atoms with Crippen LogP contribution in [-0.4, -0.2) is 28.1 Å². The smallest absolute Gasteiger partial charge is 0.138 e. The van der Waals surface area contributed by atoms with Gasteiger partial charge in [0.1, 0.15) is 12.2 Å². The van der Waals surface area contributed by atoms with Gasteiger partial charge in [0.05, 0.1) is 0 Å². The molecule has 5 heteroatoms. The standard InChI is InChI=1S/C13H18N4S/c1-14-12(8-13-15-9-16-17(13)2)10-4-6-11(18-3)7-5-10/h4-7,9,12,14H,8H2,1-3H3. The lowest BCUT2D eigenvalue weighted by Crippen LogP contribution is -2.20. The second kappa shape index (κ2) is 6.02. The minimum absolute atomic E-state index is 0.267. The molecule has 96 valence electrons. The van der Waals surface area contributed by atoms with E-state index in [1.54, 1.807) is 18.1 Å². The maximum atomic E-state index is 4.27. The monoisotopic (exact) mass is 262 g/mol. The lowest BCUT2D eigenvalue weighted by atomic mass is 10.0. The van der Waals surface area contributed by atoms with Crippen LogP contribution in [0.4, 0.5) is 0 Å². The van der Waals surface area contributed by atoms with Crippen LogP contribution >= 0.6 is 11.8 Å². The van der Waals surface area contributed by atoms with Crippen LogP contribution in [0.2, 0.25) is 0 Å². The van der Waals surface area contributed by atoms with Crippen LogP contribution < -0.4 is 5.32 Å². The maximum absolute atomic E-state index is 4.27. The molecule has 2 rings (SSSR count). The van der Waals surface area contributed by atoms with E-state index >= 15 is 0 Å². The Labute approximate surface area is 112 Å². The molecule has 4 nitrogen and oxygen atoms in total. The van der Waals surface area contributed by atoms with E-state index in [0.717, 1.165) is 12.2 Å². The Balaban J connectivity index is 2.15. The molecule has 1 unspecified atom stereocenters. The fraction of sp³-hybridized carbons (Fsp3) is 0.385. The summed E-state index contributed by atoms with van der Waals surface area (Å²) in [6.45, 7) is 0. The molecule has 1 N–H and O–H groups in total. The van der Waals surface area contributed by atoms with Crippen molar-refractivity contribution in [2.75, 3.05) is 13.3 Å². The van der Waals surface area contributed by atoms with Crippen LogP contribution in [0.5, 0.6) is 0 Å². The summed E-state index contributed by atoms with van der Waals surface area (Å²) in [5.41, 5.74) is 1.28. The molecule has 0 saturated heterocycles. The largest absolute Gasteiger partial charge is 0.313 e. The molecule has 0 aliphatic heterocycles. The number of likely N-dealkylation sites (N-methyl/N-ethyl adjacent to an activating group) is 1. The predicted molar refractivity (Wildman–Crippen MR) is 74.7 cm³/mol. The van der Waals surface area contributed by atoms with Crippen molar-refractivity contribution in [3.63, 3.8) is 0 Å². The highest BCUT2D eigenvalue weighted by atomic mass is 32.2. The average molecular weight is 262 g/mol. The van der Waals surface area contributed by atoms with Crippen LogP contribution in [0.1, 0.15) is 17.4 Å². The molecule has 0 spiro atoms. The second-order valence-corrected chi connectivity index (χ2v) is 5.00. The van der Waals surface area contributed by atoms with Crippen LogP contribution in [-0.2, 0) is 13.5 Å². The van der Waals surface area contributed by atoms with E-state index in [2.05, 4.69) is 45.9 Å². The normalized spacial score (nSPS) is 12.6. The third-order valence-electron chi connectivity index (χ3n) is 3.06. The van der Waals surface area contributed by atoms with E-state index in [1.807, 2.05) is 18.8 Å². The number of thioether (sulfide) groups is 1. The van der Waals surface area contributed by atoms with Gasteiger partial charge < -0.3 is 5.32 Å². The van der Waals surface area contributed by atoms with Gasteiger partial charge in [-0.05, 0) is 31.0 Å². The highest BCUT2D eigenvalue weighted by Gasteiger charge is 2.13. The van der Waals surface area contributed by atoms with Crippen molar-refractivity contribution in [1.29, 1.82) is 0 Å². The van der Waals surface area contributed by atoms with Gasteiger partial charge in [-0.3, -0.25) is 4.68 Å². The van der Waals surface area contributed by atoms with Crippen LogP contribution in [0.15, 0.2) is 35.5 Å². The highest BCUT2D eigenvalue weighted by molar-refractivity contribution is 7.98. The van der Waals surface area contributed by atoms with Crippen molar-refractivity contribution in [3.8, 4) is 0 Å². The van der Waals surface area contributed by atoms with Gasteiger partial charge in [0.15, 0.2) is 0 Å². The zero-order valence-electron chi connectivity index (χ0n) is 10.9. The maximum Gasteiger partial charge on any atom is 0.138 e. The summed E-state index contributed by atoms with van der Waals surface area (Å²) < 4.78 is 1.82. The Morgan fingerprint density at radius 3 is 2.56 bits per heavy atom. The van der Waals surface area contributed by atoms with E-state index < -0.39 is 0 Å². The number of nitrogens with one attached hydrogen (secondary N) is 1. The molecular weight excluding hydrogens is 244 g/mol. The molecule has 0 aliphatic carbocycles. The zero-order chi connectivity index (χ0) is 13.0. The van der Waals surface area contributed by atoms with Gasteiger partial charge in [-0.15, -0.1) is 11.8 Å². The lowest BCUT2D eigenvalue weighted by Gasteiger charge is -2.16. The summed E-state index contributed by atoms with van der Waals surface area (Å²) in [6.07, 6.45) is 4.52. The Hall–Kier alpha value is -1.33. The Morgan fingerprint density at radius 2 is 2.06 bits per heavy atom. The first-order chi connectivity index (χ1) is 8.74. The van der Waals surface area contributed by atoms with Crippen LogP contribution in [0.25, 0.3) is 0 Å². The van der Waals surface area contributed by atoms with E-state index in [1.165, 1.54) is 10.5 Å². The predicted octanol–water partition coefficient (Wildman–Crippen LogP) is 2.04. The molecule has 0 aliphatic rings. The molecule has 1 atom stereocenters. The van der Waals surface area contributed by atoms with Crippen LogP contribution in [0, 0.1) is 0 Å². The van der Waals surface area contributed by atoms with Gasteiger partial charge in [-0.2, -0.15) is 5.10 Å². The van der Waals surface area contributed by atoms with Crippen molar-refractivity contribution >= 4 is 11.8 Å². The lowest BCUT2D eigenvalue weighted by molar-refractivity contribution is 0.553. The third-order valence-corrected chi connectivity index (χ3v) is 3.80. The van der Waals surface area contributed by atoms with Crippen molar-refractivity contribution < 1.29 is 0 Å². The Kier molecular flexibility index (Phi) is 4.38. The second-order valence-electron chi connectivity index (χ2n) is 4.12. The molecule has 0 fully saturated rings. The molecule has 2 aromatic rings. The van der Waals surface area contributed by atoms with Crippen LogP contribution in [0.3, 0.4) is 0 Å². The minimum Gasteiger partial charge on any atom is -0.313 e. The number of hydrogen-bond donors (Lipinski definition) is 1. The van der Waals surface area contributed by atoms with Gasteiger partial charge in [-0.1, -0.05) is 12.1 Å². The number of benzene rings is 1. The topological polar surface area (TPSA) is 42.7 Å². The van der Waals surface area contributed by atoms with E-state index in [9.17, 15) is 0 Å². The molecule has 1 aromatic carbocycles. The summed E-state index contributed by atoms with van der Waals surface area (Å²) in [6, 6.07) is 8.91. The first-order valence-corrected chi connectivity index (χ1v) is 7.11. The molecule has 0 radical (unpaired) electrons. The Bertz CT molecular complexity index is 492. The quantitative estimate of drug-likeness (QED) is 0.837. The first-order valence-electron chi connectivity index (χ1n) is 5.88. The summed E-state index contributed by atoms with van der Waals surface area (Å²) in [5.74, 6) is 0.989. The third kappa shape index (κ3) is 2.91. The van der Waals surface area contributed by atoms with E-state index in [-0.39, 0.29) is 6.04 Å². The molecule has 18 heavy (non-hydrogen) atoms. The molecular formula is C13H18N4S. The van der Waals surface area contributed by atoms with Gasteiger partial charge >= 0.3 is 0 Å². The number of nitrogens with zero attached hydrogens (tertiary/aromatic N) is 3. The average Bonchev–Trinajstić information content (AvgIpc) is 2.81. The molecule has 1 aromatic heterocycles. The number of hydrogen-bond acceptors (Lipinski definition) is 4. The van der Waals surface area contributed by atoms with Crippen molar-refractivity contribution in [2.24, 2.45) is 7.05 Å². The van der Waals surface area contributed by atoms with E-state index in [4.69, 9.17) is 0 Å². The summed E-state index contributed by atoms with van der Waals surface area (Å²) >= 11 is 1.76. The fourth-order valence-electron chi connectivity index (χ4n) is 1.91. The minimum atomic E-state index is 0.267. The van der Waals surface area contributed by atoms with Gasteiger partial charge in [0.25, 0.3) is 0 Å². The summed E-state index contributed by atoms with van der Waals surface area (Å²) in [5, 5.41) is 7.43. The molecule has 0 amide bonds. The zero-order valence-corrected chi connectivity index (χ0v) is 11.7. The summed E-state index contributed by atoms with van der Waals surface area (Å²) in [7, 11) is 3.90. The number of rotatable bonds is 5. The molecule has 1 heterocycles. The Morgan fingerprint density at radius 1 is 1.33 bits per heavy atom. The molecule has 0 bridgehead atoms. The SMILES string of the molecule is CNC(Cc1ncnn1C)c1ccc(SC)cc1. The molecule has 0 saturated carbocycles. The van der Waals surface area contributed by atoms with Gasteiger partial charge in [0, 0.05) is 24.4 Å². The fourth-order valence-corrected chi connectivity index (χ4v) is 2.32. The number of aromatic nitrogens is 3. The van der Waals surface area contributed by atoms with Crippen molar-refractivity contribution in [3.05, 3.63) is 42.0 Å².